The van der Waals surface area contributed by atoms with Crippen molar-refractivity contribution in [2.75, 3.05) is 18.0 Å². The zero-order valence-corrected chi connectivity index (χ0v) is 15.9. The highest BCUT2D eigenvalue weighted by Gasteiger charge is 2.13. The average molecular weight is 379 g/mol. The molecule has 6 heteroatoms. The minimum atomic E-state index is -0.111. The summed E-state index contributed by atoms with van der Waals surface area (Å²) in [6.07, 6.45) is 5.47. The Balaban J connectivity index is 1.37. The Morgan fingerprint density at radius 2 is 1.89 bits per heavy atom. The Labute approximate surface area is 163 Å². The Morgan fingerprint density at radius 3 is 2.63 bits per heavy atom. The number of nitrogens with zero attached hydrogens (tertiary/aromatic N) is 3. The van der Waals surface area contributed by atoms with Gasteiger partial charge < -0.3 is 10.2 Å². The summed E-state index contributed by atoms with van der Waals surface area (Å²) in [4.78, 5) is 24.8. The van der Waals surface area contributed by atoms with E-state index >= 15 is 0 Å². The topological polar surface area (TPSA) is 58.1 Å². The Morgan fingerprint density at radius 1 is 1.07 bits per heavy atom. The minimum Gasteiger partial charge on any atom is -0.357 e. The summed E-state index contributed by atoms with van der Waals surface area (Å²) >= 11 is 1.69. The monoisotopic (exact) mass is 378 g/mol. The van der Waals surface area contributed by atoms with Crippen LogP contribution in [0.5, 0.6) is 0 Å². The number of rotatable bonds is 5. The van der Waals surface area contributed by atoms with E-state index in [9.17, 15) is 4.79 Å². The fourth-order valence-electron chi connectivity index (χ4n) is 3.26. The highest BCUT2D eigenvalue weighted by atomic mass is 32.1. The van der Waals surface area contributed by atoms with Gasteiger partial charge in [0.1, 0.15) is 11.6 Å². The van der Waals surface area contributed by atoms with Crippen molar-refractivity contribution in [1.82, 2.24) is 15.3 Å². The van der Waals surface area contributed by atoms with Crippen LogP contribution in [0.4, 0.5) is 5.82 Å². The molecule has 1 fully saturated rings. The first kappa shape index (κ1) is 17.7. The maximum Gasteiger partial charge on any atom is 0.251 e. The van der Waals surface area contributed by atoms with Crippen molar-refractivity contribution >= 4 is 23.1 Å². The van der Waals surface area contributed by atoms with Crippen LogP contribution in [0.25, 0.3) is 10.4 Å². The molecule has 0 saturated carbocycles. The molecule has 138 valence electrons. The first-order valence-corrected chi connectivity index (χ1v) is 10.2. The van der Waals surface area contributed by atoms with E-state index in [0.29, 0.717) is 17.9 Å². The van der Waals surface area contributed by atoms with Crippen LogP contribution in [0.2, 0.25) is 0 Å². The molecule has 2 aromatic heterocycles. The maximum absolute atomic E-state index is 12.4. The molecule has 1 aliphatic heterocycles. The Bertz CT molecular complexity index is 887. The molecule has 1 aliphatic rings. The van der Waals surface area contributed by atoms with Crippen LogP contribution in [-0.2, 0) is 6.54 Å². The predicted octanol–water partition coefficient (Wildman–Crippen LogP) is 4.13. The van der Waals surface area contributed by atoms with Crippen LogP contribution in [-0.4, -0.2) is 29.0 Å². The average Bonchev–Trinajstić information content (AvgIpc) is 3.28. The molecule has 0 unspecified atom stereocenters. The van der Waals surface area contributed by atoms with Crippen molar-refractivity contribution < 1.29 is 4.79 Å². The van der Waals surface area contributed by atoms with E-state index in [1.165, 1.54) is 24.1 Å². The van der Waals surface area contributed by atoms with Gasteiger partial charge in [0.15, 0.2) is 0 Å². The van der Waals surface area contributed by atoms with Gasteiger partial charge in [0.25, 0.3) is 5.91 Å². The standard InChI is InChI=1S/C21H22N4OS/c26-21(17-8-6-16(7-9-17)18-5-4-14-27-18)23-15-19-22-11-10-20(24-19)25-12-2-1-3-13-25/h4-11,14H,1-3,12-13,15H2,(H,23,26). The third-order valence-corrected chi connectivity index (χ3v) is 5.65. The fourth-order valence-corrected chi connectivity index (χ4v) is 4.00. The number of thiophene rings is 1. The molecule has 0 aliphatic carbocycles. The van der Waals surface area contributed by atoms with Crippen molar-refractivity contribution in [3.8, 4) is 10.4 Å². The summed E-state index contributed by atoms with van der Waals surface area (Å²) < 4.78 is 0. The number of anilines is 1. The van der Waals surface area contributed by atoms with Gasteiger partial charge in [0.2, 0.25) is 0 Å². The molecular formula is C21H22N4OS. The summed E-state index contributed by atoms with van der Waals surface area (Å²) in [5, 5.41) is 4.97. The molecular weight excluding hydrogens is 356 g/mol. The van der Waals surface area contributed by atoms with Crippen LogP contribution < -0.4 is 10.2 Å². The quantitative estimate of drug-likeness (QED) is 0.725. The molecule has 1 N–H and O–H groups in total. The van der Waals surface area contributed by atoms with E-state index in [1.807, 2.05) is 41.8 Å². The molecule has 5 nitrogen and oxygen atoms in total. The molecule has 3 aromatic rings. The number of nitrogens with one attached hydrogen (secondary N) is 1. The lowest BCUT2D eigenvalue weighted by molar-refractivity contribution is 0.0950. The van der Waals surface area contributed by atoms with Crippen LogP contribution in [0, 0.1) is 0 Å². The molecule has 1 amide bonds. The fraction of sp³-hybridized carbons (Fsp3) is 0.286. The molecule has 4 rings (SSSR count). The van der Waals surface area contributed by atoms with Crippen LogP contribution in [0.15, 0.2) is 54.0 Å². The van der Waals surface area contributed by atoms with Gasteiger partial charge >= 0.3 is 0 Å². The van der Waals surface area contributed by atoms with Gasteiger partial charge in [-0.15, -0.1) is 11.3 Å². The summed E-state index contributed by atoms with van der Waals surface area (Å²) in [6, 6.07) is 13.7. The smallest absolute Gasteiger partial charge is 0.251 e. The molecule has 1 aromatic carbocycles. The summed E-state index contributed by atoms with van der Waals surface area (Å²) in [7, 11) is 0. The molecule has 0 radical (unpaired) electrons. The van der Waals surface area contributed by atoms with E-state index in [2.05, 4.69) is 26.3 Å². The van der Waals surface area contributed by atoms with Gasteiger partial charge in [0.05, 0.1) is 6.54 Å². The second-order valence-corrected chi connectivity index (χ2v) is 7.56. The van der Waals surface area contributed by atoms with Crippen LogP contribution >= 0.6 is 11.3 Å². The summed E-state index contributed by atoms with van der Waals surface area (Å²) in [5.41, 5.74) is 1.77. The number of carbonyl (C=O) groups excluding carboxylic acids is 1. The van der Waals surface area contributed by atoms with E-state index in [0.717, 1.165) is 24.5 Å². The minimum absolute atomic E-state index is 0.111. The van der Waals surface area contributed by atoms with Gasteiger partial charge in [0, 0.05) is 29.7 Å². The van der Waals surface area contributed by atoms with E-state index < -0.39 is 0 Å². The highest BCUT2D eigenvalue weighted by Crippen LogP contribution is 2.24. The lowest BCUT2D eigenvalue weighted by Crippen LogP contribution is -2.31. The molecule has 0 bridgehead atoms. The highest BCUT2D eigenvalue weighted by molar-refractivity contribution is 7.13. The number of carbonyl (C=O) groups is 1. The Hall–Kier alpha value is -2.73. The SMILES string of the molecule is O=C(NCc1nccc(N2CCCCC2)n1)c1ccc(-c2cccs2)cc1. The molecule has 1 saturated heterocycles. The summed E-state index contributed by atoms with van der Waals surface area (Å²) in [5.74, 6) is 1.48. The van der Waals surface area contributed by atoms with Crippen LogP contribution in [0.3, 0.4) is 0 Å². The first-order valence-electron chi connectivity index (χ1n) is 9.28. The van der Waals surface area contributed by atoms with Gasteiger partial charge in [-0.1, -0.05) is 18.2 Å². The van der Waals surface area contributed by atoms with E-state index in [-0.39, 0.29) is 5.91 Å². The zero-order valence-electron chi connectivity index (χ0n) is 15.1. The van der Waals surface area contributed by atoms with Crippen molar-refractivity contribution in [3.63, 3.8) is 0 Å². The van der Waals surface area contributed by atoms with E-state index in [4.69, 9.17) is 0 Å². The van der Waals surface area contributed by atoms with E-state index in [1.54, 1.807) is 17.5 Å². The van der Waals surface area contributed by atoms with Gasteiger partial charge in [-0.25, -0.2) is 9.97 Å². The third kappa shape index (κ3) is 4.34. The largest absolute Gasteiger partial charge is 0.357 e. The molecule has 0 atom stereocenters. The second-order valence-electron chi connectivity index (χ2n) is 6.62. The van der Waals surface area contributed by atoms with Gasteiger partial charge in [-0.2, -0.15) is 0 Å². The predicted molar refractivity (Wildman–Crippen MR) is 109 cm³/mol. The number of amides is 1. The van der Waals surface area contributed by atoms with Crippen molar-refractivity contribution in [1.29, 1.82) is 0 Å². The molecule has 3 heterocycles. The zero-order chi connectivity index (χ0) is 18.5. The second kappa shape index (κ2) is 8.31. The number of hydrogen-bond donors (Lipinski definition) is 1. The normalized spacial score (nSPS) is 14.1. The number of benzene rings is 1. The Kier molecular flexibility index (Phi) is 5.44. The summed E-state index contributed by atoms with van der Waals surface area (Å²) in [6.45, 7) is 2.41. The molecule has 27 heavy (non-hydrogen) atoms. The number of hydrogen-bond acceptors (Lipinski definition) is 5. The third-order valence-electron chi connectivity index (χ3n) is 4.73. The van der Waals surface area contributed by atoms with Crippen molar-refractivity contribution in [2.45, 2.75) is 25.8 Å². The number of aromatic nitrogens is 2. The van der Waals surface area contributed by atoms with Crippen molar-refractivity contribution in [2.24, 2.45) is 0 Å². The van der Waals surface area contributed by atoms with Crippen molar-refractivity contribution in [3.05, 3.63) is 65.4 Å². The van der Waals surface area contributed by atoms with Gasteiger partial charge in [-0.3, -0.25) is 4.79 Å². The van der Waals surface area contributed by atoms with Gasteiger partial charge in [-0.05, 0) is 54.5 Å². The molecule has 0 spiro atoms. The lowest BCUT2D eigenvalue weighted by atomic mass is 10.1. The number of piperidine rings is 1. The first-order chi connectivity index (χ1) is 13.3. The maximum atomic E-state index is 12.4. The lowest BCUT2D eigenvalue weighted by Gasteiger charge is -2.27. The van der Waals surface area contributed by atoms with Crippen LogP contribution in [0.1, 0.15) is 35.4 Å².